The first kappa shape index (κ1) is 26.5. The second kappa shape index (κ2) is 14.4. The summed E-state index contributed by atoms with van der Waals surface area (Å²) in [5, 5.41) is 0. The van der Waals surface area contributed by atoms with E-state index in [1.807, 2.05) is 84.9 Å². The first-order chi connectivity index (χ1) is 17.6. The van der Waals surface area contributed by atoms with Crippen molar-refractivity contribution < 1.29 is 19.1 Å². The van der Waals surface area contributed by atoms with Crippen LogP contribution in [-0.2, 0) is 31.9 Å². The van der Waals surface area contributed by atoms with Crippen molar-refractivity contribution in [2.45, 2.75) is 38.8 Å². The van der Waals surface area contributed by atoms with Crippen LogP contribution in [0.4, 0.5) is 0 Å². The lowest BCUT2D eigenvalue weighted by Crippen LogP contribution is -2.24. The maximum absolute atomic E-state index is 12.4. The van der Waals surface area contributed by atoms with Crippen molar-refractivity contribution in [1.82, 2.24) is 0 Å². The van der Waals surface area contributed by atoms with Crippen LogP contribution in [0.5, 0.6) is 0 Å². The topological polar surface area (TPSA) is 77.3 Å². The highest BCUT2D eigenvalue weighted by Crippen LogP contribution is 2.11. The summed E-state index contributed by atoms with van der Waals surface area (Å²) in [6.07, 6.45) is 4.31. The van der Waals surface area contributed by atoms with Crippen LogP contribution in [0.15, 0.2) is 94.9 Å². The lowest BCUT2D eigenvalue weighted by atomic mass is 10.1. The molecule has 6 nitrogen and oxygen atoms in total. The second-order valence-corrected chi connectivity index (χ2v) is 8.14. The third kappa shape index (κ3) is 8.62. The SMILES string of the molecule is CCOC(=O)[C@H](Cc1ccccc1)/N=C/c1ccc(/C=N/[C@@H](Cc2ccccc2)C(=O)OCC)cc1. The van der Waals surface area contributed by atoms with E-state index in [4.69, 9.17) is 9.47 Å². The Hall–Kier alpha value is -4.06. The van der Waals surface area contributed by atoms with Crippen molar-refractivity contribution in [3.63, 3.8) is 0 Å². The van der Waals surface area contributed by atoms with Gasteiger partial charge in [-0.3, -0.25) is 9.98 Å². The van der Waals surface area contributed by atoms with Crippen molar-refractivity contribution in [2.75, 3.05) is 13.2 Å². The van der Waals surface area contributed by atoms with Crippen LogP contribution >= 0.6 is 0 Å². The molecule has 6 heteroatoms. The van der Waals surface area contributed by atoms with Gasteiger partial charge in [0.15, 0.2) is 12.1 Å². The molecule has 3 aromatic rings. The first-order valence-corrected chi connectivity index (χ1v) is 12.2. The van der Waals surface area contributed by atoms with Crippen molar-refractivity contribution in [1.29, 1.82) is 0 Å². The molecule has 0 spiro atoms. The molecule has 0 aromatic heterocycles. The monoisotopic (exact) mass is 484 g/mol. The van der Waals surface area contributed by atoms with E-state index in [1.165, 1.54) is 0 Å². The highest BCUT2D eigenvalue weighted by Gasteiger charge is 2.19. The van der Waals surface area contributed by atoms with E-state index in [0.29, 0.717) is 26.1 Å². The Kier molecular flexibility index (Phi) is 10.6. The Morgan fingerprint density at radius 3 is 1.33 bits per heavy atom. The number of aliphatic imine (C=N–C) groups is 2. The van der Waals surface area contributed by atoms with Crippen LogP contribution in [-0.4, -0.2) is 49.7 Å². The average Bonchev–Trinajstić information content (AvgIpc) is 2.91. The van der Waals surface area contributed by atoms with Gasteiger partial charge in [0.2, 0.25) is 0 Å². The number of esters is 2. The van der Waals surface area contributed by atoms with E-state index in [1.54, 1.807) is 26.3 Å². The molecule has 36 heavy (non-hydrogen) atoms. The van der Waals surface area contributed by atoms with Gasteiger partial charge in [0.1, 0.15) is 0 Å². The molecule has 0 fully saturated rings. The van der Waals surface area contributed by atoms with E-state index in [0.717, 1.165) is 22.3 Å². The minimum absolute atomic E-state index is 0.310. The van der Waals surface area contributed by atoms with Gasteiger partial charge in [0, 0.05) is 25.3 Å². The molecule has 0 radical (unpaired) electrons. The van der Waals surface area contributed by atoms with Gasteiger partial charge in [-0.05, 0) is 36.1 Å². The van der Waals surface area contributed by atoms with Crippen LogP contribution in [0.25, 0.3) is 0 Å². The van der Waals surface area contributed by atoms with Gasteiger partial charge in [-0.25, -0.2) is 9.59 Å². The van der Waals surface area contributed by atoms with Gasteiger partial charge in [0.05, 0.1) is 13.2 Å². The Morgan fingerprint density at radius 1 is 0.639 bits per heavy atom. The zero-order valence-corrected chi connectivity index (χ0v) is 20.7. The van der Waals surface area contributed by atoms with Gasteiger partial charge in [-0.1, -0.05) is 84.9 Å². The first-order valence-electron chi connectivity index (χ1n) is 12.2. The minimum Gasteiger partial charge on any atom is -0.464 e. The summed E-state index contributed by atoms with van der Waals surface area (Å²) in [5.41, 5.74) is 3.73. The molecular formula is C30H32N2O4. The molecular weight excluding hydrogens is 452 g/mol. The van der Waals surface area contributed by atoms with Gasteiger partial charge < -0.3 is 9.47 Å². The van der Waals surface area contributed by atoms with Crippen molar-refractivity contribution >= 4 is 24.4 Å². The molecule has 3 aromatic carbocycles. The van der Waals surface area contributed by atoms with Crippen molar-refractivity contribution in [3.05, 3.63) is 107 Å². The summed E-state index contributed by atoms with van der Waals surface area (Å²) in [6.45, 7) is 4.19. The number of nitrogens with zero attached hydrogens (tertiary/aromatic N) is 2. The Balaban J connectivity index is 1.69. The van der Waals surface area contributed by atoms with Crippen LogP contribution < -0.4 is 0 Å². The number of benzene rings is 3. The molecule has 0 aliphatic heterocycles. The number of hydrogen-bond donors (Lipinski definition) is 0. The number of carbonyl (C=O) groups excluding carboxylic acids is 2. The number of ether oxygens (including phenoxy) is 2. The molecule has 3 rings (SSSR count). The largest absolute Gasteiger partial charge is 0.464 e. The summed E-state index contributed by atoms with van der Waals surface area (Å²) in [6, 6.07) is 25.9. The average molecular weight is 485 g/mol. The molecule has 0 bridgehead atoms. The van der Waals surface area contributed by atoms with Crippen LogP contribution in [0.2, 0.25) is 0 Å². The smallest absolute Gasteiger partial charge is 0.331 e. The predicted molar refractivity (Wildman–Crippen MR) is 143 cm³/mol. The molecule has 0 amide bonds. The van der Waals surface area contributed by atoms with Crippen molar-refractivity contribution in [2.24, 2.45) is 9.98 Å². The molecule has 186 valence electrons. The zero-order chi connectivity index (χ0) is 25.6. The minimum atomic E-state index is -0.614. The molecule has 2 atom stereocenters. The molecule has 0 aliphatic rings. The summed E-state index contributed by atoms with van der Waals surface area (Å²) < 4.78 is 10.4. The Labute approximate surface area is 212 Å². The summed E-state index contributed by atoms with van der Waals surface area (Å²) >= 11 is 0. The summed E-state index contributed by atoms with van der Waals surface area (Å²) in [5.74, 6) is -0.686. The number of rotatable bonds is 12. The maximum Gasteiger partial charge on any atom is 0.331 e. The van der Waals surface area contributed by atoms with E-state index in [9.17, 15) is 9.59 Å². The molecule has 0 aliphatic carbocycles. The lowest BCUT2D eigenvalue weighted by Gasteiger charge is -2.12. The standard InChI is InChI=1S/C30H32N2O4/c1-3-35-29(33)27(19-23-11-7-5-8-12-23)31-21-25-15-17-26(18-16-25)22-32-28(30(34)36-4-2)20-24-13-9-6-10-14-24/h5-18,21-22,27-28H,3-4,19-20H2,1-2H3/b31-21+,32-22+/t27-,28-/m0/s1. The fourth-order valence-corrected chi connectivity index (χ4v) is 3.57. The Morgan fingerprint density at radius 2 is 1.00 bits per heavy atom. The van der Waals surface area contributed by atoms with Gasteiger partial charge in [-0.2, -0.15) is 0 Å². The van der Waals surface area contributed by atoms with E-state index >= 15 is 0 Å². The van der Waals surface area contributed by atoms with E-state index < -0.39 is 12.1 Å². The van der Waals surface area contributed by atoms with E-state index in [2.05, 4.69) is 9.98 Å². The molecule has 0 unspecified atom stereocenters. The lowest BCUT2D eigenvalue weighted by molar-refractivity contribution is -0.145. The quantitative estimate of drug-likeness (QED) is 0.271. The van der Waals surface area contributed by atoms with Gasteiger partial charge in [0.25, 0.3) is 0 Å². The maximum atomic E-state index is 12.4. The number of hydrogen-bond acceptors (Lipinski definition) is 6. The second-order valence-electron chi connectivity index (χ2n) is 8.14. The third-order valence-corrected chi connectivity index (χ3v) is 5.40. The third-order valence-electron chi connectivity index (χ3n) is 5.40. The normalized spacial score (nSPS) is 12.9. The molecule has 0 heterocycles. The van der Waals surface area contributed by atoms with Gasteiger partial charge >= 0.3 is 11.9 Å². The van der Waals surface area contributed by atoms with E-state index in [-0.39, 0.29) is 11.9 Å². The summed E-state index contributed by atoms with van der Waals surface area (Å²) in [4.78, 5) is 33.8. The molecule has 0 saturated heterocycles. The predicted octanol–water partition coefficient (Wildman–Crippen LogP) is 4.87. The fourth-order valence-electron chi connectivity index (χ4n) is 3.57. The highest BCUT2D eigenvalue weighted by molar-refractivity contribution is 5.87. The van der Waals surface area contributed by atoms with Crippen molar-refractivity contribution in [3.8, 4) is 0 Å². The highest BCUT2D eigenvalue weighted by atomic mass is 16.5. The molecule has 0 N–H and O–H groups in total. The zero-order valence-electron chi connectivity index (χ0n) is 20.7. The molecule has 0 saturated carbocycles. The van der Waals surface area contributed by atoms with Crippen LogP contribution in [0.1, 0.15) is 36.1 Å². The van der Waals surface area contributed by atoms with Crippen LogP contribution in [0.3, 0.4) is 0 Å². The van der Waals surface area contributed by atoms with Gasteiger partial charge in [-0.15, -0.1) is 0 Å². The van der Waals surface area contributed by atoms with Crippen LogP contribution in [0, 0.1) is 0 Å². The fraction of sp³-hybridized carbons (Fsp3) is 0.267. The summed E-state index contributed by atoms with van der Waals surface area (Å²) in [7, 11) is 0. The Bertz CT molecular complexity index is 1050. The number of carbonyl (C=O) groups is 2.